The Kier molecular flexibility index (Phi) is 4.44. The number of H-pyrrole nitrogens is 1. The van der Waals surface area contributed by atoms with Gasteiger partial charge in [0.2, 0.25) is 10.0 Å². The van der Waals surface area contributed by atoms with Crippen LogP contribution in [0.15, 0.2) is 53.7 Å². The highest BCUT2D eigenvalue weighted by Crippen LogP contribution is 2.31. The van der Waals surface area contributed by atoms with Gasteiger partial charge in [-0.2, -0.15) is 0 Å². The number of aromatic amines is 1. The maximum absolute atomic E-state index is 12.4. The van der Waals surface area contributed by atoms with Crippen molar-refractivity contribution in [3.05, 3.63) is 54.5 Å². The van der Waals surface area contributed by atoms with Crippen molar-refractivity contribution in [3.8, 4) is 0 Å². The lowest BCUT2D eigenvalue weighted by Crippen LogP contribution is -2.22. The van der Waals surface area contributed by atoms with Crippen molar-refractivity contribution in [1.82, 2.24) is 19.3 Å². The van der Waals surface area contributed by atoms with E-state index in [2.05, 4.69) is 20.3 Å². The fraction of sp³-hybridized carbons (Fsp3) is 0.105. The fourth-order valence-electron chi connectivity index (χ4n) is 3.02. The quantitative estimate of drug-likeness (QED) is 0.461. The number of nitrogens with zero attached hydrogens (tertiary/aromatic N) is 3. The molecule has 0 spiro atoms. The second-order valence-electron chi connectivity index (χ2n) is 6.57. The average molecular weight is 411 g/mol. The highest BCUT2D eigenvalue weighted by molar-refractivity contribution is 7.89. The first-order valence-electron chi connectivity index (χ1n) is 8.57. The maximum Gasteiger partial charge on any atom is 0.352 e. The molecule has 9 nitrogen and oxygen atoms in total. The van der Waals surface area contributed by atoms with Crippen LogP contribution in [0.25, 0.3) is 21.8 Å². The summed E-state index contributed by atoms with van der Waals surface area (Å²) in [5.41, 5.74) is 1.60. The van der Waals surface area contributed by atoms with Gasteiger partial charge in [0, 0.05) is 36.8 Å². The number of nitrogens with one attached hydrogen (secondary N) is 2. The Labute approximate surface area is 166 Å². The molecule has 0 amide bonds. The third-order valence-corrected chi connectivity index (χ3v) is 6.29. The van der Waals surface area contributed by atoms with Gasteiger partial charge in [-0.15, -0.1) is 0 Å². The number of aromatic carboxylic acids is 1. The summed E-state index contributed by atoms with van der Waals surface area (Å²) in [5, 5.41) is 13.9. The van der Waals surface area contributed by atoms with Gasteiger partial charge < -0.3 is 15.4 Å². The van der Waals surface area contributed by atoms with E-state index in [1.807, 2.05) is 0 Å². The van der Waals surface area contributed by atoms with Gasteiger partial charge in [0.05, 0.1) is 22.1 Å². The molecule has 148 valence electrons. The molecule has 4 rings (SSSR count). The van der Waals surface area contributed by atoms with Crippen LogP contribution in [0.1, 0.15) is 10.5 Å². The Morgan fingerprint density at radius 1 is 1.17 bits per heavy atom. The largest absolute Gasteiger partial charge is 0.477 e. The van der Waals surface area contributed by atoms with Gasteiger partial charge >= 0.3 is 5.97 Å². The predicted molar refractivity (Wildman–Crippen MR) is 109 cm³/mol. The van der Waals surface area contributed by atoms with E-state index in [0.29, 0.717) is 27.9 Å². The van der Waals surface area contributed by atoms with Crippen molar-refractivity contribution in [2.75, 3.05) is 19.4 Å². The van der Waals surface area contributed by atoms with Crippen LogP contribution >= 0.6 is 0 Å². The molecule has 0 aliphatic heterocycles. The van der Waals surface area contributed by atoms with E-state index in [1.54, 1.807) is 36.7 Å². The summed E-state index contributed by atoms with van der Waals surface area (Å²) in [6.07, 6.45) is 3.19. The van der Waals surface area contributed by atoms with Gasteiger partial charge in [0.1, 0.15) is 5.69 Å². The number of carboxylic acid groups (broad SMARTS) is 1. The SMILES string of the molecule is CN(C)S(=O)(=O)c1cccc(Nc2nc3cnccc3c3cc(C(=O)O)[nH]c23)c1. The Morgan fingerprint density at radius 3 is 2.69 bits per heavy atom. The topological polar surface area (TPSA) is 128 Å². The van der Waals surface area contributed by atoms with Crippen LogP contribution in [-0.2, 0) is 10.0 Å². The second kappa shape index (κ2) is 6.83. The molecular weight excluding hydrogens is 394 g/mol. The van der Waals surface area contributed by atoms with Crippen LogP contribution in [0.4, 0.5) is 11.5 Å². The van der Waals surface area contributed by atoms with E-state index in [1.165, 1.54) is 26.2 Å². The molecule has 0 fully saturated rings. The Morgan fingerprint density at radius 2 is 1.97 bits per heavy atom. The van der Waals surface area contributed by atoms with Crippen molar-refractivity contribution in [2.24, 2.45) is 0 Å². The van der Waals surface area contributed by atoms with E-state index in [-0.39, 0.29) is 10.6 Å². The summed E-state index contributed by atoms with van der Waals surface area (Å²) in [6, 6.07) is 9.63. The molecule has 3 heterocycles. The zero-order chi connectivity index (χ0) is 20.8. The summed E-state index contributed by atoms with van der Waals surface area (Å²) in [4.78, 5) is 23.1. The van der Waals surface area contributed by atoms with Crippen molar-refractivity contribution in [2.45, 2.75) is 4.90 Å². The number of hydrogen-bond acceptors (Lipinski definition) is 6. The minimum Gasteiger partial charge on any atom is -0.477 e. The number of carbonyl (C=O) groups is 1. The number of rotatable bonds is 5. The van der Waals surface area contributed by atoms with Gasteiger partial charge in [0.15, 0.2) is 5.82 Å². The molecule has 3 N–H and O–H groups in total. The number of pyridine rings is 2. The summed E-state index contributed by atoms with van der Waals surface area (Å²) in [6.45, 7) is 0. The number of sulfonamides is 1. The minimum absolute atomic E-state index is 0.0260. The lowest BCUT2D eigenvalue weighted by atomic mass is 10.1. The monoisotopic (exact) mass is 411 g/mol. The van der Waals surface area contributed by atoms with E-state index >= 15 is 0 Å². The lowest BCUT2D eigenvalue weighted by molar-refractivity contribution is 0.0691. The van der Waals surface area contributed by atoms with E-state index in [0.717, 1.165) is 9.69 Å². The fourth-order valence-corrected chi connectivity index (χ4v) is 3.97. The van der Waals surface area contributed by atoms with Crippen molar-refractivity contribution < 1.29 is 18.3 Å². The first-order valence-corrected chi connectivity index (χ1v) is 10.0. The lowest BCUT2D eigenvalue weighted by Gasteiger charge is -2.13. The molecular formula is C19H17N5O4S. The highest BCUT2D eigenvalue weighted by Gasteiger charge is 2.19. The van der Waals surface area contributed by atoms with Gasteiger partial charge in [-0.3, -0.25) is 4.98 Å². The number of anilines is 2. The second-order valence-corrected chi connectivity index (χ2v) is 8.72. The van der Waals surface area contributed by atoms with Crippen LogP contribution < -0.4 is 5.32 Å². The molecule has 0 atom stereocenters. The third-order valence-electron chi connectivity index (χ3n) is 4.48. The van der Waals surface area contributed by atoms with Crippen LogP contribution in [0.2, 0.25) is 0 Å². The molecule has 0 unspecified atom stereocenters. The van der Waals surface area contributed by atoms with Crippen molar-refractivity contribution >= 4 is 49.3 Å². The summed E-state index contributed by atoms with van der Waals surface area (Å²) in [7, 11) is -0.676. The van der Waals surface area contributed by atoms with Crippen LogP contribution in [0.5, 0.6) is 0 Å². The smallest absolute Gasteiger partial charge is 0.352 e. The number of benzene rings is 1. The number of aromatic nitrogens is 3. The van der Waals surface area contributed by atoms with Crippen molar-refractivity contribution in [1.29, 1.82) is 0 Å². The third kappa shape index (κ3) is 3.28. The molecule has 0 aliphatic rings. The molecule has 0 saturated heterocycles. The van der Waals surface area contributed by atoms with Crippen molar-refractivity contribution in [3.63, 3.8) is 0 Å². The maximum atomic E-state index is 12.4. The summed E-state index contributed by atoms with van der Waals surface area (Å²) >= 11 is 0. The zero-order valence-electron chi connectivity index (χ0n) is 15.5. The number of fused-ring (bicyclic) bond motifs is 3. The molecule has 0 saturated carbocycles. The first-order chi connectivity index (χ1) is 13.8. The van der Waals surface area contributed by atoms with Crippen LogP contribution in [0, 0.1) is 0 Å². The Hall–Kier alpha value is -3.50. The van der Waals surface area contributed by atoms with E-state index < -0.39 is 16.0 Å². The number of carboxylic acids is 1. The summed E-state index contributed by atoms with van der Waals surface area (Å²) in [5.74, 6) is -0.721. The van der Waals surface area contributed by atoms with Gasteiger partial charge in [0.25, 0.3) is 0 Å². The highest BCUT2D eigenvalue weighted by atomic mass is 32.2. The molecule has 0 aliphatic carbocycles. The zero-order valence-corrected chi connectivity index (χ0v) is 16.4. The Bertz CT molecular complexity index is 1360. The minimum atomic E-state index is -3.60. The first kappa shape index (κ1) is 18.8. The molecule has 0 bridgehead atoms. The molecule has 3 aromatic heterocycles. The molecule has 1 aromatic carbocycles. The molecule has 4 aromatic rings. The summed E-state index contributed by atoms with van der Waals surface area (Å²) < 4.78 is 25.9. The standard InChI is InChI=1S/C19H17N5O4S/c1-24(2)29(27,28)12-5-3-4-11(8-12)21-18-17-14(9-15(22-17)19(25)26)13-6-7-20-10-16(13)23-18/h3-10,22H,1-2H3,(H,21,23)(H,25,26). The molecule has 0 radical (unpaired) electrons. The van der Waals surface area contributed by atoms with Crippen LogP contribution in [-0.4, -0.2) is 52.8 Å². The predicted octanol–water partition coefficient (Wildman–Crippen LogP) is 2.80. The molecule has 29 heavy (non-hydrogen) atoms. The van der Waals surface area contributed by atoms with Gasteiger partial charge in [-0.25, -0.2) is 22.5 Å². The normalized spacial score (nSPS) is 12.0. The average Bonchev–Trinajstić information content (AvgIpc) is 3.15. The van der Waals surface area contributed by atoms with Crippen LogP contribution in [0.3, 0.4) is 0 Å². The number of hydrogen-bond donors (Lipinski definition) is 3. The van der Waals surface area contributed by atoms with Gasteiger partial charge in [-0.1, -0.05) is 6.07 Å². The molecule has 10 heteroatoms. The van der Waals surface area contributed by atoms with E-state index in [4.69, 9.17) is 0 Å². The van der Waals surface area contributed by atoms with Gasteiger partial charge in [-0.05, 0) is 30.3 Å². The Balaban J connectivity index is 1.87. The van der Waals surface area contributed by atoms with E-state index in [9.17, 15) is 18.3 Å².